The van der Waals surface area contributed by atoms with Crippen LogP contribution < -0.4 is 10.6 Å². The number of nitrogens with zero attached hydrogens (tertiary/aromatic N) is 1. The van der Waals surface area contributed by atoms with Gasteiger partial charge in [0, 0.05) is 12.5 Å². The highest BCUT2D eigenvalue weighted by molar-refractivity contribution is 6.09. The Bertz CT molecular complexity index is 869. The lowest BCUT2D eigenvalue weighted by molar-refractivity contribution is -0.135. The molecule has 29 heavy (non-hydrogen) atoms. The average molecular weight is 393 g/mol. The maximum Gasteiger partial charge on any atom is 0.325 e. The third-order valence-electron chi connectivity index (χ3n) is 5.19. The summed E-state index contributed by atoms with van der Waals surface area (Å²) in [6.45, 7) is 3.66. The normalized spacial score (nSPS) is 19.7. The molecule has 1 heterocycles. The summed E-state index contributed by atoms with van der Waals surface area (Å²) < 4.78 is 0. The van der Waals surface area contributed by atoms with Crippen LogP contribution in [0.3, 0.4) is 0 Å². The van der Waals surface area contributed by atoms with Gasteiger partial charge in [0.2, 0.25) is 5.91 Å². The molecule has 0 spiro atoms. The lowest BCUT2D eigenvalue weighted by Gasteiger charge is -2.27. The average Bonchev–Trinajstić information content (AvgIpc) is 2.94. The van der Waals surface area contributed by atoms with Crippen molar-refractivity contribution in [2.75, 3.05) is 6.54 Å². The molecule has 2 aromatic rings. The van der Waals surface area contributed by atoms with Gasteiger partial charge in [-0.2, -0.15) is 0 Å². The number of carbonyl (C=O) groups is 3. The van der Waals surface area contributed by atoms with Crippen molar-refractivity contribution in [2.24, 2.45) is 0 Å². The van der Waals surface area contributed by atoms with E-state index in [4.69, 9.17) is 0 Å². The number of amides is 4. The molecule has 0 bridgehead atoms. The fraction of sp³-hybridized carbons (Fsp3) is 0.348. The van der Waals surface area contributed by atoms with E-state index >= 15 is 0 Å². The number of carbonyl (C=O) groups excluding carboxylic acids is 3. The van der Waals surface area contributed by atoms with E-state index in [1.807, 2.05) is 74.5 Å². The van der Waals surface area contributed by atoms with Gasteiger partial charge >= 0.3 is 6.03 Å². The number of rotatable bonds is 8. The second-order valence-corrected chi connectivity index (χ2v) is 7.51. The molecule has 1 fully saturated rings. The number of urea groups is 1. The van der Waals surface area contributed by atoms with Crippen LogP contribution >= 0.6 is 0 Å². The Morgan fingerprint density at radius 1 is 1.07 bits per heavy atom. The molecule has 1 saturated heterocycles. The van der Waals surface area contributed by atoms with E-state index in [9.17, 15) is 14.4 Å². The molecule has 6 heteroatoms. The molecular formula is C23H27N3O3. The van der Waals surface area contributed by atoms with Crippen molar-refractivity contribution in [2.45, 2.75) is 44.7 Å². The zero-order chi connectivity index (χ0) is 20.9. The van der Waals surface area contributed by atoms with Gasteiger partial charge in [-0.3, -0.25) is 14.5 Å². The first-order valence-corrected chi connectivity index (χ1v) is 9.99. The second-order valence-electron chi connectivity index (χ2n) is 7.51. The Labute approximate surface area is 171 Å². The Hall–Kier alpha value is -3.15. The van der Waals surface area contributed by atoms with Crippen LogP contribution in [-0.4, -0.2) is 35.3 Å². The van der Waals surface area contributed by atoms with Crippen LogP contribution in [0.25, 0.3) is 0 Å². The number of hydrogen-bond donors (Lipinski definition) is 2. The van der Waals surface area contributed by atoms with Crippen LogP contribution in [0.2, 0.25) is 0 Å². The minimum Gasteiger partial charge on any atom is -0.352 e. The van der Waals surface area contributed by atoms with E-state index in [1.54, 1.807) is 0 Å². The van der Waals surface area contributed by atoms with Crippen LogP contribution in [0.4, 0.5) is 4.79 Å². The number of benzene rings is 2. The fourth-order valence-electron chi connectivity index (χ4n) is 3.78. The van der Waals surface area contributed by atoms with Crippen molar-refractivity contribution < 1.29 is 14.4 Å². The molecule has 4 amide bonds. The summed E-state index contributed by atoms with van der Waals surface area (Å²) in [5.74, 6) is -0.742. The highest BCUT2D eigenvalue weighted by atomic mass is 16.2. The van der Waals surface area contributed by atoms with Crippen molar-refractivity contribution in [3.63, 3.8) is 0 Å². The smallest absolute Gasteiger partial charge is 0.325 e. The highest BCUT2D eigenvalue weighted by Crippen LogP contribution is 2.32. The maximum absolute atomic E-state index is 13.5. The summed E-state index contributed by atoms with van der Waals surface area (Å²) in [6.07, 6.45) is 2.10. The van der Waals surface area contributed by atoms with Crippen molar-refractivity contribution in [1.29, 1.82) is 0 Å². The van der Waals surface area contributed by atoms with Gasteiger partial charge in [-0.05, 0) is 24.5 Å². The molecule has 1 aliphatic rings. The maximum atomic E-state index is 13.5. The van der Waals surface area contributed by atoms with Gasteiger partial charge in [0.15, 0.2) is 5.54 Å². The molecule has 152 valence electrons. The minimum absolute atomic E-state index is 0.00327. The predicted octanol–water partition coefficient (Wildman–Crippen LogP) is 2.98. The van der Waals surface area contributed by atoms with Crippen LogP contribution in [0.1, 0.15) is 37.8 Å². The number of imide groups is 1. The van der Waals surface area contributed by atoms with Gasteiger partial charge in [0.1, 0.15) is 6.54 Å². The van der Waals surface area contributed by atoms with Crippen molar-refractivity contribution in [3.05, 3.63) is 71.8 Å². The standard InChI is InChI=1S/C23H27N3O3/c1-3-10-17(2)24-20(27)16-26-21(28)23(25-22(26)29,19-13-8-5-9-14-19)15-18-11-6-4-7-12-18/h4-9,11-14,17H,3,10,15-16H2,1-2H3,(H,24,27)(H,25,29)/t17-,23+/m1/s1. The van der Waals surface area contributed by atoms with Gasteiger partial charge in [-0.25, -0.2) is 4.79 Å². The van der Waals surface area contributed by atoms with Crippen molar-refractivity contribution >= 4 is 17.8 Å². The van der Waals surface area contributed by atoms with Crippen molar-refractivity contribution in [1.82, 2.24) is 15.5 Å². The molecule has 2 atom stereocenters. The van der Waals surface area contributed by atoms with Crippen LogP contribution in [-0.2, 0) is 21.5 Å². The first kappa shape index (κ1) is 20.6. The Morgan fingerprint density at radius 2 is 1.69 bits per heavy atom. The third-order valence-corrected chi connectivity index (χ3v) is 5.19. The largest absolute Gasteiger partial charge is 0.352 e. The van der Waals surface area contributed by atoms with Crippen LogP contribution in [0.5, 0.6) is 0 Å². The van der Waals surface area contributed by atoms with E-state index in [1.165, 1.54) is 0 Å². The molecule has 2 aromatic carbocycles. The van der Waals surface area contributed by atoms with Gasteiger partial charge in [0.25, 0.3) is 5.91 Å². The zero-order valence-corrected chi connectivity index (χ0v) is 16.9. The van der Waals surface area contributed by atoms with Crippen LogP contribution in [0, 0.1) is 0 Å². The lowest BCUT2D eigenvalue weighted by Crippen LogP contribution is -2.47. The predicted molar refractivity (Wildman–Crippen MR) is 111 cm³/mol. The summed E-state index contributed by atoms with van der Waals surface area (Å²) in [5.41, 5.74) is 0.395. The first-order valence-electron chi connectivity index (χ1n) is 9.99. The van der Waals surface area contributed by atoms with E-state index in [0.717, 1.165) is 23.3 Å². The lowest BCUT2D eigenvalue weighted by atomic mass is 9.83. The van der Waals surface area contributed by atoms with Crippen molar-refractivity contribution in [3.8, 4) is 0 Å². The summed E-state index contributed by atoms with van der Waals surface area (Å²) in [5, 5.41) is 5.73. The summed E-state index contributed by atoms with van der Waals surface area (Å²) >= 11 is 0. The van der Waals surface area contributed by atoms with Crippen LogP contribution in [0.15, 0.2) is 60.7 Å². The first-order chi connectivity index (χ1) is 14.0. The SMILES string of the molecule is CCC[C@@H](C)NC(=O)CN1C(=O)N[C@@](Cc2ccccc2)(c2ccccc2)C1=O. The number of nitrogens with one attached hydrogen (secondary N) is 2. The molecule has 0 radical (unpaired) electrons. The Morgan fingerprint density at radius 3 is 2.31 bits per heavy atom. The Balaban J connectivity index is 1.87. The summed E-state index contributed by atoms with van der Waals surface area (Å²) in [4.78, 5) is 39.6. The second kappa shape index (κ2) is 8.90. The molecule has 0 unspecified atom stereocenters. The van der Waals surface area contributed by atoms with E-state index in [-0.39, 0.29) is 18.5 Å². The Kier molecular flexibility index (Phi) is 6.32. The van der Waals surface area contributed by atoms with Gasteiger partial charge < -0.3 is 10.6 Å². The molecule has 0 aromatic heterocycles. The monoisotopic (exact) mass is 393 g/mol. The third kappa shape index (κ3) is 4.47. The van der Waals surface area contributed by atoms with Gasteiger partial charge in [-0.1, -0.05) is 74.0 Å². The highest BCUT2D eigenvalue weighted by Gasteiger charge is 2.52. The molecule has 2 N–H and O–H groups in total. The number of hydrogen-bond acceptors (Lipinski definition) is 3. The van der Waals surface area contributed by atoms with Gasteiger partial charge in [0.05, 0.1) is 0 Å². The fourth-order valence-corrected chi connectivity index (χ4v) is 3.78. The molecule has 0 aliphatic carbocycles. The topological polar surface area (TPSA) is 78.5 Å². The van der Waals surface area contributed by atoms with E-state index < -0.39 is 17.5 Å². The summed E-state index contributed by atoms with van der Waals surface area (Å²) in [7, 11) is 0. The zero-order valence-electron chi connectivity index (χ0n) is 16.9. The molecular weight excluding hydrogens is 366 g/mol. The molecule has 3 rings (SSSR count). The van der Waals surface area contributed by atoms with Gasteiger partial charge in [-0.15, -0.1) is 0 Å². The van der Waals surface area contributed by atoms with E-state index in [0.29, 0.717) is 12.0 Å². The summed E-state index contributed by atoms with van der Waals surface area (Å²) in [6, 6.07) is 18.2. The molecule has 6 nitrogen and oxygen atoms in total. The molecule has 0 saturated carbocycles. The quantitative estimate of drug-likeness (QED) is 0.677. The van der Waals surface area contributed by atoms with E-state index in [2.05, 4.69) is 10.6 Å². The minimum atomic E-state index is -1.23. The molecule has 1 aliphatic heterocycles.